The van der Waals surface area contributed by atoms with Gasteiger partial charge in [-0.05, 0) is 38.1 Å². The Bertz CT molecular complexity index is 430. The van der Waals surface area contributed by atoms with Crippen molar-refractivity contribution in [2.45, 2.75) is 25.8 Å². The highest BCUT2D eigenvalue weighted by Gasteiger charge is 2.25. The number of likely N-dealkylation sites (N-methyl/N-ethyl adjacent to an activating group) is 1. The van der Waals surface area contributed by atoms with Crippen molar-refractivity contribution in [3.63, 3.8) is 0 Å². The molecule has 1 atom stereocenters. The van der Waals surface area contributed by atoms with E-state index >= 15 is 0 Å². The van der Waals surface area contributed by atoms with E-state index in [0.29, 0.717) is 12.5 Å². The molecule has 0 spiro atoms. The Morgan fingerprint density at radius 3 is 2.63 bits per heavy atom. The molecule has 1 aromatic rings. The standard InChI is InChI=1S/C15H23N3O/c1-12-11-17(2)9-10-18(12)15(19)8-5-13-3-6-14(16)7-4-13/h3-4,6-7,12H,5,8-11,16H2,1-2H3. The molecule has 2 rings (SSSR count). The number of nitrogens with zero attached hydrogens (tertiary/aromatic N) is 2. The van der Waals surface area contributed by atoms with Gasteiger partial charge in [0.05, 0.1) is 0 Å². The number of hydrogen-bond acceptors (Lipinski definition) is 3. The van der Waals surface area contributed by atoms with Gasteiger partial charge < -0.3 is 15.5 Å². The molecule has 1 heterocycles. The Morgan fingerprint density at radius 2 is 2.00 bits per heavy atom. The zero-order valence-corrected chi connectivity index (χ0v) is 11.8. The Labute approximate surface area is 115 Å². The SMILES string of the molecule is CC1CN(C)CCN1C(=O)CCc1ccc(N)cc1. The molecule has 0 saturated carbocycles. The first-order valence-corrected chi connectivity index (χ1v) is 6.88. The van der Waals surface area contributed by atoms with Gasteiger partial charge in [0.1, 0.15) is 0 Å². The Morgan fingerprint density at radius 1 is 1.32 bits per heavy atom. The highest BCUT2D eigenvalue weighted by atomic mass is 16.2. The van der Waals surface area contributed by atoms with E-state index in [0.717, 1.165) is 31.7 Å². The van der Waals surface area contributed by atoms with Crippen LogP contribution in [0, 0.1) is 0 Å². The van der Waals surface area contributed by atoms with E-state index in [2.05, 4.69) is 18.9 Å². The highest BCUT2D eigenvalue weighted by Crippen LogP contribution is 2.12. The minimum absolute atomic E-state index is 0.262. The Balaban J connectivity index is 1.85. The first-order valence-electron chi connectivity index (χ1n) is 6.88. The van der Waals surface area contributed by atoms with E-state index in [9.17, 15) is 4.79 Å². The van der Waals surface area contributed by atoms with Crippen LogP contribution in [-0.4, -0.2) is 48.4 Å². The van der Waals surface area contributed by atoms with E-state index in [1.165, 1.54) is 5.56 Å². The fourth-order valence-electron chi connectivity index (χ4n) is 2.59. The van der Waals surface area contributed by atoms with Crippen LogP contribution in [0.2, 0.25) is 0 Å². The van der Waals surface area contributed by atoms with Gasteiger partial charge in [-0.3, -0.25) is 4.79 Å². The minimum atomic E-state index is 0.262. The summed E-state index contributed by atoms with van der Waals surface area (Å²) in [5.41, 5.74) is 7.59. The molecule has 1 amide bonds. The summed E-state index contributed by atoms with van der Waals surface area (Å²) in [6, 6.07) is 8.08. The van der Waals surface area contributed by atoms with Crippen LogP contribution >= 0.6 is 0 Å². The molecule has 19 heavy (non-hydrogen) atoms. The van der Waals surface area contributed by atoms with Gasteiger partial charge >= 0.3 is 0 Å². The van der Waals surface area contributed by atoms with Crippen molar-refractivity contribution >= 4 is 11.6 Å². The second-order valence-corrected chi connectivity index (χ2v) is 5.44. The van der Waals surface area contributed by atoms with Gasteiger partial charge in [0, 0.05) is 37.8 Å². The van der Waals surface area contributed by atoms with Crippen molar-refractivity contribution in [3.05, 3.63) is 29.8 Å². The number of anilines is 1. The molecule has 4 nitrogen and oxygen atoms in total. The molecule has 1 saturated heterocycles. The molecule has 104 valence electrons. The van der Waals surface area contributed by atoms with Crippen molar-refractivity contribution in [2.24, 2.45) is 0 Å². The Hall–Kier alpha value is -1.55. The van der Waals surface area contributed by atoms with Crippen molar-refractivity contribution < 1.29 is 4.79 Å². The highest BCUT2D eigenvalue weighted by molar-refractivity contribution is 5.77. The summed E-state index contributed by atoms with van der Waals surface area (Å²) in [4.78, 5) is 16.5. The third kappa shape index (κ3) is 3.70. The molecule has 0 bridgehead atoms. The second-order valence-electron chi connectivity index (χ2n) is 5.44. The van der Waals surface area contributed by atoms with Gasteiger partial charge in [-0.2, -0.15) is 0 Å². The quantitative estimate of drug-likeness (QED) is 0.836. The van der Waals surface area contributed by atoms with E-state index in [1.54, 1.807) is 0 Å². The van der Waals surface area contributed by atoms with Gasteiger partial charge in [0.25, 0.3) is 0 Å². The minimum Gasteiger partial charge on any atom is -0.399 e. The molecule has 1 aliphatic rings. The third-order valence-electron chi connectivity index (χ3n) is 3.76. The summed E-state index contributed by atoms with van der Waals surface area (Å²) < 4.78 is 0. The molecule has 0 aromatic heterocycles. The second kappa shape index (κ2) is 6.06. The maximum Gasteiger partial charge on any atom is 0.223 e. The number of carbonyl (C=O) groups is 1. The van der Waals surface area contributed by atoms with Gasteiger partial charge in [-0.1, -0.05) is 12.1 Å². The van der Waals surface area contributed by atoms with Crippen molar-refractivity contribution in [2.75, 3.05) is 32.4 Å². The number of aryl methyl sites for hydroxylation is 1. The van der Waals surface area contributed by atoms with Gasteiger partial charge in [-0.15, -0.1) is 0 Å². The zero-order chi connectivity index (χ0) is 13.8. The van der Waals surface area contributed by atoms with Crippen LogP contribution in [0.4, 0.5) is 5.69 Å². The number of nitrogens with two attached hydrogens (primary N) is 1. The van der Waals surface area contributed by atoms with Crippen LogP contribution in [0.25, 0.3) is 0 Å². The smallest absolute Gasteiger partial charge is 0.223 e. The molecular weight excluding hydrogens is 238 g/mol. The number of hydrogen-bond donors (Lipinski definition) is 1. The summed E-state index contributed by atoms with van der Waals surface area (Å²) in [5, 5.41) is 0. The monoisotopic (exact) mass is 261 g/mol. The van der Waals surface area contributed by atoms with Crippen LogP contribution in [0.1, 0.15) is 18.9 Å². The molecule has 2 N–H and O–H groups in total. The largest absolute Gasteiger partial charge is 0.399 e. The molecule has 1 aliphatic heterocycles. The number of benzene rings is 1. The fraction of sp³-hybridized carbons (Fsp3) is 0.533. The summed E-state index contributed by atoms with van der Waals surface area (Å²) in [6.45, 7) is 4.90. The molecule has 1 unspecified atom stereocenters. The van der Waals surface area contributed by atoms with Crippen LogP contribution in [0.5, 0.6) is 0 Å². The lowest BCUT2D eigenvalue weighted by Crippen LogP contribution is -2.52. The topological polar surface area (TPSA) is 49.6 Å². The first kappa shape index (κ1) is 13.9. The summed E-state index contributed by atoms with van der Waals surface area (Å²) in [7, 11) is 2.10. The predicted octanol–water partition coefficient (Wildman–Crippen LogP) is 1.36. The van der Waals surface area contributed by atoms with Crippen molar-refractivity contribution in [1.29, 1.82) is 0 Å². The normalized spacial score (nSPS) is 20.5. The van der Waals surface area contributed by atoms with E-state index in [1.807, 2.05) is 29.2 Å². The van der Waals surface area contributed by atoms with E-state index in [-0.39, 0.29) is 5.91 Å². The number of carbonyl (C=O) groups excluding carboxylic acids is 1. The van der Waals surface area contributed by atoms with Gasteiger partial charge in [0.2, 0.25) is 5.91 Å². The third-order valence-corrected chi connectivity index (χ3v) is 3.76. The van der Waals surface area contributed by atoms with Crippen LogP contribution in [0.15, 0.2) is 24.3 Å². The average molecular weight is 261 g/mol. The maximum absolute atomic E-state index is 12.2. The summed E-state index contributed by atoms with van der Waals surface area (Å²) in [6.07, 6.45) is 1.37. The molecule has 1 fully saturated rings. The van der Waals surface area contributed by atoms with Crippen LogP contribution in [0.3, 0.4) is 0 Å². The maximum atomic E-state index is 12.2. The van der Waals surface area contributed by atoms with E-state index in [4.69, 9.17) is 5.73 Å². The zero-order valence-electron chi connectivity index (χ0n) is 11.8. The lowest BCUT2D eigenvalue weighted by atomic mass is 10.1. The number of rotatable bonds is 3. The molecule has 4 heteroatoms. The lowest BCUT2D eigenvalue weighted by Gasteiger charge is -2.38. The summed E-state index contributed by atoms with van der Waals surface area (Å²) >= 11 is 0. The lowest BCUT2D eigenvalue weighted by molar-refractivity contribution is -0.135. The van der Waals surface area contributed by atoms with Crippen molar-refractivity contribution in [3.8, 4) is 0 Å². The number of amides is 1. The summed E-state index contributed by atoms with van der Waals surface area (Å²) in [5.74, 6) is 0.262. The number of piperazine rings is 1. The molecule has 0 aliphatic carbocycles. The van der Waals surface area contributed by atoms with E-state index < -0.39 is 0 Å². The fourth-order valence-corrected chi connectivity index (χ4v) is 2.59. The van der Waals surface area contributed by atoms with Crippen LogP contribution < -0.4 is 5.73 Å². The van der Waals surface area contributed by atoms with Gasteiger partial charge in [0.15, 0.2) is 0 Å². The molecule has 0 radical (unpaired) electrons. The molecular formula is C15H23N3O. The van der Waals surface area contributed by atoms with Gasteiger partial charge in [-0.25, -0.2) is 0 Å². The molecule has 1 aromatic carbocycles. The van der Waals surface area contributed by atoms with Crippen LogP contribution in [-0.2, 0) is 11.2 Å². The first-order chi connectivity index (χ1) is 9.06. The van der Waals surface area contributed by atoms with Crippen molar-refractivity contribution in [1.82, 2.24) is 9.80 Å². The number of nitrogen functional groups attached to an aromatic ring is 1. The predicted molar refractivity (Wildman–Crippen MR) is 77.8 cm³/mol. The average Bonchev–Trinajstić information content (AvgIpc) is 2.37. The Kier molecular flexibility index (Phi) is 4.43.